The molecule has 4 rings (SSSR count). The number of thioether (sulfide) groups is 1. The fourth-order valence-corrected chi connectivity index (χ4v) is 4.04. The number of ether oxygens (including phenoxy) is 2. The molecule has 0 amide bonds. The van der Waals surface area contributed by atoms with Crippen molar-refractivity contribution < 1.29 is 9.47 Å². The van der Waals surface area contributed by atoms with Gasteiger partial charge in [-0.2, -0.15) is 0 Å². The Hall–Kier alpha value is -2.99. The SMILES string of the molecule is COc1cc2ccnc(CSc3ccccc3-c3ncc[nH]3)c2cc1OC. The lowest BCUT2D eigenvalue weighted by Crippen LogP contribution is -1.94. The number of benzene rings is 2. The number of pyridine rings is 1. The average Bonchev–Trinajstić information content (AvgIpc) is 3.26. The van der Waals surface area contributed by atoms with Crippen molar-refractivity contribution in [2.75, 3.05) is 14.2 Å². The Bertz CT molecular complexity index is 1060. The lowest BCUT2D eigenvalue weighted by molar-refractivity contribution is 0.356. The lowest BCUT2D eigenvalue weighted by atomic mass is 10.1. The lowest BCUT2D eigenvalue weighted by Gasteiger charge is -2.12. The maximum absolute atomic E-state index is 5.46. The maximum Gasteiger partial charge on any atom is 0.161 e. The molecule has 136 valence electrons. The third kappa shape index (κ3) is 3.48. The van der Waals surface area contributed by atoms with Crippen LogP contribution >= 0.6 is 11.8 Å². The van der Waals surface area contributed by atoms with Crippen LogP contribution in [0.4, 0.5) is 0 Å². The first-order chi connectivity index (χ1) is 13.3. The molecule has 0 atom stereocenters. The molecule has 6 heteroatoms. The first kappa shape index (κ1) is 17.4. The van der Waals surface area contributed by atoms with E-state index >= 15 is 0 Å². The summed E-state index contributed by atoms with van der Waals surface area (Å²) in [4.78, 5) is 13.3. The Morgan fingerprint density at radius 2 is 1.78 bits per heavy atom. The molecule has 2 aromatic carbocycles. The highest BCUT2D eigenvalue weighted by Crippen LogP contribution is 2.36. The van der Waals surface area contributed by atoms with Crippen molar-refractivity contribution in [3.8, 4) is 22.9 Å². The van der Waals surface area contributed by atoms with Crippen molar-refractivity contribution in [1.29, 1.82) is 0 Å². The van der Waals surface area contributed by atoms with Crippen LogP contribution in [0, 0.1) is 0 Å². The second kappa shape index (κ2) is 7.72. The maximum atomic E-state index is 5.46. The number of hydrogen-bond donors (Lipinski definition) is 1. The zero-order valence-electron chi connectivity index (χ0n) is 15.1. The summed E-state index contributed by atoms with van der Waals surface area (Å²) in [6.45, 7) is 0. The molecule has 0 saturated heterocycles. The van der Waals surface area contributed by atoms with Gasteiger partial charge in [0.15, 0.2) is 11.5 Å². The third-order valence-electron chi connectivity index (χ3n) is 4.36. The zero-order valence-corrected chi connectivity index (χ0v) is 15.9. The minimum Gasteiger partial charge on any atom is -0.493 e. The summed E-state index contributed by atoms with van der Waals surface area (Å²) in [6, 6.07) is 14.2. The fraction of sp³-hybridized carbons (Fsp3) is 0.143. The second-order valence-corrected chi connectivity index (χ2v) is 6.93. The number of aromatic amines is 1. The number of nitrogens with zero attached hydrogens (tertiary/aromatic N) is 2. The summed E-state index contributed by atoms with van der Waals surface area (Å²) in [7, 11) is 3.29. The molecule has 0 aliphatic rings. The second-order valence-electron chi connectivity index (χ2n) is 5.91. The van der Waals surface area contributed by atoms with Gasteiger partial charge in [0.05, 0.1) is 19.9 Å². The molecule has 0 radical (unpaired) electrons. The van der Waals surface area contributed by atoms with E-state index in [1.54, 1.807) is 32.2 Å². The van der Waals surface area contributed by atoms with E-state index in [4.69, 9.17) is 9.47 Å². The van der Waals surface area contributed by atoms with Gasteiger partial charge >= 0.3 is 0 Å². The number of rotatable bonds is 6. The Kier molecular flexibility index (Phi) is 4.98. The highest BCUT2D eigenvalue weighted by molar-refractivity contribution is 7.98. The van der Waals surface area contributed by atoms with Gasteiger partial charge in [-0.05, 0) is 29.7 Å². The van der Waals surface area contributed by atoms with Gasteiger partial charge in [0, 0.05) is 40.2 Å². The molecule has 4 aromatic rings. The molecule has 5 nitrogen and oxygen atoms in total. The molecule has 0 unspecified atom stereocenters. The van der Waals surface area contributed by atoms with E-state index in [-0.39, 0.29) is 0 Å². The molecule has 27 heavy (non-hydrogen) atoms. The summed E-state index contributed by atoms with van der Waals surface area (Å²) in [6.07, 6.45) is 5.44. The van der Waals surface area contributed by atoms with E-state index in [9.17, 15) is 0 Å². The van der Waals surface area contributed by atoms with Crippen LogP contribution in [0.5, 0.6) is 11.5 Å². The van der Waals surface area contributed by atoms with Crippen LogP contribution in [0.25, 0.3) is 22.2 Å². The largest absolute Gasteiger partial charge is 0.493 e. The van der Waals surface area contributed by atoms with E-state index < -0.39 is 0 Å². The van der Waals surface area contributed by atoms with Crippen molar-refractivity contribution in [3.63, 3.8) is 0 Å². The number of aromatic nitrogens is 3. The smallest absolute Gasteiger partial charge is 0.161 e. The molecule has 0 bridgehead atoms. The van der Waals surface area contributed by atoms with Crippen LogP contribution in [-0.2, 0) is 5.75 Å². The average molecular weight is 377 g/mol. The first-order valence-electron chi connectivity index (χ1n) is 8.51. The minimum atomic E-state index is 0.709. The van der Waals surface area contributed by atoms with Gasteiger partial charge in [0.2, 0.25) is 0 Å². The van der Waals surface area contributed by atoms with E-state index in [0.29, 0.717) is 5.75 Å². The molecule has 0 spiro atoms. The predicted molar refractivity (Wildman–Crippen MR) is 108 cm³/mol. The van der Waals surface area contributed by atoms with Gasteiger partial charge in [-0.1, -0.05) is 18.2 Å². The molecule has 0 aliphatic carbocycles. The van der Waals surface area contributed by atoms with Crippen LogP contribution < -0.4 is 9.47 Å². The number of hydrogen-bond acceptors (Lipinski definition) is 5. The Morgan fingerprint density at radius 1 is 0.963 bits per heavy atom. The predicted octanol–water partition coefficient (Wildman–Crippen LogP) is 4.93. The number of nitrogens with one attached hydrogen (secondary N) is 1. The van der Waals surface area contributed by atoms with Crippen molar-refractivity contribution in [1.82, 2.24) is 15.0 Å². The van der Waals surface area contributed by atoms with Crippen LogP contribution in [0.15, 0.2) is 66.0 Å². The molecular weight excluding hydrogens is 358 g/mol. The number of H-pyrrole nitrogens is 1. The topological polar surface area (TPSA) is 60.0 Å². The quantitative estimate of drug-likeness (QED) is 0.483. The Morgan fingerprint density at radius 3 is 2.56 bits per heavy atom. The van der Waals surface area contributed by atoms with Crippen molar-refractivity contribution in [2.24, 2.45) is 0 Å². The van der Waals surface area contributed by atoms with Gasteiger partial charge in [-0.3, -0.25) is 4.98 Å². The van der Waals surface area contributed by atoms with E-state index in [1.807, 2.05) is 42.7 Å². The van der Waals surface area contributed by atoms with Gasteiger partial charge in [-0.25, -0.2) is 4.98 Å². The number of fused-ring (bicyclic) bond motifs is 1. The molecule has 0 fully saturated rings. The zero-order chi connectivity index (χ0) is 18.6. The van der Waals surface area contributed by atoms with Gasteiger partial charge in [-0.15, -0.1) is 11.8 Å². The molecule has 1 N–H and O–H groups in total. The van der Waals surface area contributed by atoms with Crippen molar-refractivity contribution >= 4 is 22.5 Å². The highest BCUT2D eigenvalue weighted by atomic mass is 32.2. The monoisotopic (exact) mass is 377 g/mol. The van der Waals surface area contributed by atoms with Gasteiger partial charge in [0.1, 0.15) is 5.82 Å². The molecule has 0 aliphatic heterocycles. The Labute approximate surface area is 161 Å². The summed E-state index contributed by atoms with van der Waals surface area (Å²) >= 11 is 1.74. The van der Waals surface area contributed by atoms with Gasteiger partial charge in [0.25, 0.3) is 0 Å². The highest BCUT2D eigenvalue weighted by Gasteiger charge is 2.12. The van der Waals surface area contributed by atoms with Crippen LogP contribution in [0.3, 0.4) is 0 Å². The van der Waals surface area contributed by atoms with Crippen LogP contribution in [0.2, 0.25) is 0 Å². The molecule has 0 saturated carbocycles. The summed E-state index contributed by atoms with van der Waals surface area (Å²) < 4.78 is 10.9. The fourth-order valence-electron chi connectivity index (χ4n) is 3.02. The molecular formula is C21H19N3O2S. The van der Waals surface area contributed by atoms with Crippen LogP contribution in [-0.4, -0.2) is 29.2 Å². The summed E-state index contributed by atoms with van der Waals surface area (Å²) in [5.41, 5.74) is 2.10. The first-order valence-corrected chi connectivity index (χ1v) is 9.50. The number of methoxy groups -OCH3 is 2. The molecule has 2 aromatic heterocycles. The summed E-state index contributed by atoms with van der Waals surface area (Å²) in [5, 5.41) is 2.15. The molecule has 2 heterocycles. The van der Waals surface area contributed by atoms with Crippen LogP contribution in [0.1, 0.15) is 5.69 Å². The van der Waals surface area contributed by atoms with E-state index in [0.717, 1.165) is 44.3 Å². The Balaban J connectivity index is 1.67. The standard InChI is InChI=1S/C21H19N3O2S/c1-25-18-11-14-7-8-22-17(16(14)12-19(18)26-2)13-27-20-6-4-3-5-15(20)21-23-9-10-24-21/h3-12H,13H2,1-2H3,(H,23,24). The normalized spacial score (nSPS) is 10.9. The number of imidazole rings is 1. The minimum absolute atomic E-state index is 0.709. The van der Waals surface area contributed by atoms with Gasteiger partial charge < -0.3 is 14.5 Å². The van der Waals surface area contributed by atoms with Crippen molar-refractivity contribution in [3.05, 3.63) is 66.7 Å². The van der Waals surface area contributed by atoms with E-state index in [1.165, 1.54) is 0 Å². The summed E-state index contributed by atoms with van der Waals surface area (Å²) in [5.74, 6) is 3.04. The third-order valence-corrected chi connectivity index (χ3v) is 5.44. The van der Waals surface area contributed by atoms with Crippen molar-refractivity contribution in [2.45, 2.75) is 10.6 Å². The van der Waals surface area contributed by atoms with E-state index in [2.05, 4.69) is 27.1 Å².